The topological polar surface area (TPSA) is 40.5 Å². The maximum absolute atomic E-state index is 13.0. The molecule has 4 rings (SSSR count). The van der Waals surface area contributed by atoms with Crippen LogP contribution in [0.1, 0.15) is 48.0 Å². The first-order valence-electron chi connectivity index (χ1n) is 9.34. The second-order valence-corrected chi connectivity index (χ2v) is 7.36. The lowest BCUT2D eigenvalue weighted by molar-refractivity contribution is -0.110. The second kappa shape index (κ2) is 6.64. The maximum Gasteiger partial charge on any atom is 0.254 e. The molecular weight excluding hydrogens is 310 g/mol. The molecule has 1 N–H and O–H groups in total. The lowest BCUT2D eigenvalue weighted by atomic mass is 9.66. The minimum Gasteiger partial charge on any atom is -0.385 e. The smallest absolute Gasteiger partial charge is 0.254 e. The van der Waals surface area contributed by atoms with Crippen LogP contribution in [0.3, 0.4) is 0 Å². The summed E-state index contributed by atoms with van der Waals surface area (Å²) in [4.78, 5) is 15.1. The van der Waals surface area contributed by atoms with Crippen molar-refractivity contribution in [2.75, 3.05) is 6.54 Å². The van der Waals surface area contributed by atoms with Crippen LogP contribution in [0, 0.1) is 5.92 Å². The number of carbonyl (C=O) groups is 1. The van der Waals surface area contributed by atoms with Gasteiger partial charge >= 0.3 is 0 Å². The number of amides is 1. The highest BCUT2D eigenvalue weighted by Gasteiger charge is 2.50. The van der Waals surface area contributed by atoms with Gasteiger partial charge in [-0.2, -0.15) is 0 Å². The number of rotatable bonds is 2. The minimum atomic E-state index is -0.820. The van der Waals surface area contributed by atoms with Crippen molar-refractivity contribution in [2.24, 2.45) is 5.92 Å². The standard InChI is InChI=1S/C22H25NO2/c24-21(17-9-3-1-4-10-17)23-16-15-22(25,18-11-5-2-6-12-18)19-13-7-8-14-20(19)23/h1-6,9-12,19-20,25H,7-8,13-16H2. The molecule has 3 heteroatoms. The van der Waals surface area contributed by atoms with Crippen molar-refractivity contribution in [1.29, 1.82) is 0 Å². The third-order valence-electron chi connectivity index (χ3n) is 6.03. The summed E-state index contributed by atoms with van der Waals surface area (Å²) in [5, 5.41) is 11.6. The van der Waals surface area contributed by atoms with Gasteiger partial charge in [-0.3, -0.25) is 4.79 Å². The average Bonchev–Trinajstić information content (AvgIpc) is 2.69. The zero-order valence-electron chi connectivity index (χ0n) is 14.5. The third-order valence-corrected chi connectivity index (χ3v) is 6.03. The Morgan fingerprint density at radius 2 is 1.60 bits per heavy atom. The largest absolute Gasteiger partial charge is 0.385 e. The predicted octanol–water partition coefficient (Wildman–Crippen LogP) is 3.98. The first kappa shape index (κ1) is 16.3. The highest BCUT2D eigenvalue weighted by molar-refractivity contribution is 5.94. The van der Waals surface area contributed by atoms with Crippen LogP contribution in [-0.2, 0) is 5.60 Å². The summed E-state index contributed by atoms with van der Waals surface area (Å²) >= 11 is 0. The van der Waals surface area contributed by atoms with Gasteiger partial charge < -0.3 is 10.0 Å². The van der Waals surface area contributed by atoms with E-state index >= 15 is 0 Å². The molecule has 0 radical (unpaired) electrons. The summed E-state index contributed by atoms with van der Waals surface area (Å²) in [5.41, 5.74) is 0.926. The highest BCUT2D eigenvalue weighted by Crippen LogP contribution is 2.47. The molecule has 0 spiro atoms. The number of carbonyl (C=O) groups excluding carboxylic acids is 1. The van der Waals surface area contributed by atoms with Crippen molar-refractivity contribution in [3.63, 3.8) is 0 Å². The Kier molecular flexibility index (Phi) is 4.34. The van der Waals surface area contributed by atoms with Gasteiger partial charge in [0.05, 0.1) is 5.60 Å². The number of aliphatic hydroxyl groups is 1. The second-order valence-electron chi connectivity index (χ2n) is 7.36. The fourth-order valence-electron chi connectivity index (χ4n) is 4.77. The molecule has 1 aliphatic heterocycles. The Labute approximate surface area is 149 Å². The lowest BCUT2D eigenvalue weighted by Gasteiger charge is -2.52. The molecule has 1 saturated carbocycles. The Morgan fingerprint density at radius 1 is 0.960 bits per heavy atom. The van der Waals surface area contributed by atoms with E-state index in [4.69, 9.17) is 0 Å². The first-order valence-corrected chi connectivity index (χ1v) is 9.34. The van der Waals surface area contributed by atoms with Gasteiger partial charge in [0.25, 0.3) is 5.91 Å². The molecule has 3 unspecified atom stereocenters. The van der Waals surface area contributed by atoms with Crippen LogP contribution in [0.2, 0.25) is 0 Å². The third kappa shape index (κ3) is 2.87. The van der Waals surface area contributed by atoms with Gasteiger partial charge in [0.1, 0.15) is 0 Å². The average molecular weight is 335 g/mol. The molecule has 3 nitrogen and oxygen atoms in total. The van der Waals surface area contributed by atoms with Crippen molar-refractivity contribution < 1.29 is 9.90 Å². The van der Waals surface area contributed by atoms with E-state index in [1.807, 2.05) is 65.6 Å². The monoisotopic (exact) mass is 335 g/mol. The molecular formula is C22H25NO2. The molecule has 2 aliphatic rings. The van der Waals surface area contributed by atoms with E-state index in [1.165, 1.54) is 0 Å². The van der Waals surface area contributed by atoms with E-state index in [2.05, 4.69) is 0 Å². The number of likely N-dealkylation sites (tertiary alicyclic amines) is 1. The van der Waals surface area contributed by atoms with Crippen LogP contribution in [-0.4, -0.2) is 28.5 Å². The van der Waals surface area contributed by atoms with Gasteiger partial charge in [-0.05, 0) is 37.0 Å². The van der Waals surface area contributed by atoms with E-state index in [-0.39, 0.29) is 17.9 Å². The molecule has 2 aromatic carbocycles. The van der Waals surface area contributed by atoms with Crippen molar-refractivity contribution in [1.82, 2.24) is 4.90 Å². The zero-order chi connectivity index (χ0) is 17.3. The summed E-state index contributed by atoms with van der Waals surface area (Å²) in [5.74, 6) is 0.220. The van der Waals surface area contributed by atoms with Crippen molar-refractivity contribution in [2.45, 2.75) is 43.7 Å². The molecule has 25 heavy (non-hydrogen) atoms. The van der Waals surface area contributed by atoms with Gasteiger partial charge in [0.2, 0.25) is 0 Å². The molecule has 2 fully saturated rings. The fraction of sp³-hybridized carbons (Fsp3) is 0.409. The quantitative estimate of drug-likeness (QED) is 0.902. The number of hydrogen-bond acceptors (Lipinski definition) is 2. The van der Waals surface area contributed by atoms with Gasteiger partial charge in [-0.15, -0.1) is 0 Å². The molecule has 1 amide bonds. The highest BCUT2D eigenvalue weighted by atomic mass is 16.3. The lowest BCUT2D eigenvalue weighted by Crippen LogP contribution is -2.58. The first-order chi connectivity index (χ1) is 12.2. The zero-order valence-corrected chi connectivity index (χ0v) is 14.5. The molecule has 3 atom stereocenters. The molecule has 130 valence electrons. The van der Waals surface area contributed by atoms with Crippen LogP contribution in [0.4, 0.5) is 0 Å². The van der Waals surface area contributed by atoms with Crippen LogP contribution in [0.5, 0.6) is 0 Å². The van der Waals surface area contributed by atoms with Gasteiger partial charge in [0.15, 0.2) is 0 Å². The number of hydrogen-bond donors (Lipinski definition) is 1. The van der Waals surface area contributed by atoms with Crippen molar-refractivity contribution >= 4 is 5.91 Å². The Hall–Kier alpha value is -2.13. The molecule has 1 saturated heterocycles. The number of benzene rings is 2. The Morgan fingerprint density at radius 3 is 2.32 bits per heavy atom. The molecule has 2 aromatic rings. The van der Waals surface area contributed by atoms with Gasteiger partial charge in [0, 0.05) is 24.1 Å². The van der Waals surface area contributed by atoms with Crippen LogP contribution >= 0.6 is 0 Å². The van der Waals surface area contributed by atoms with E-state index in [9.17, 15) is 9.90 Å². The summed E-state index contributed by atoms with van der Waals surface area (Å²) in [6.45, 7) is 0.611. The summed E-state index contributed by atoms with van der Waals surface area (Å²) in [7, 11) is 0. The molecule has 0 aromatic heterocycles. The molecule has 1 aliphatic carbocycles. The number of nitrogens with zero attached hydrogens (tertiary/aromatic N) is 1. The molecule has 1 heterocycles. The normalized spacial score (nSPS) is 29.1. The van der Waals surface area contributed by atoms with Crippen LogP contribution < -0.4 is 0 Å². The van der Waals surface area contributed by atoms with Crippen molar-refractivity contribution in [3.8, 4) is 0 Å². The summed E-state index contributed by atoms with van der Waals surface area (Å²) in [6.07, 6.45) is 4.83. The minimum absolute atomic E-state index is 0.104. The Balaban J connectivity index is 1.66. The summed E-state index contributed by atoms with van der Waals surface area (Å²) < 4.78 is 0. The van der Waals surface area contributed by atoms with Gasteiger partial charge in [-0.1, -0.05) is 61.4 Å². The van der Waals surface area contributed by atoms with E-state index < -0.39 is 5.60 Å². The maximum atomic E-state index is 13.0. The summed E-state index contributed by atoms with van der Waals surface area (Å²) in [6, 6.07) is 19.7. The van der Waals surface area contributed by atoms with Crippen LogP contribution in [0.15, 0.2) is 60.7 Å². The van der Waals surface area contributed by atoms with E-state index in [1.54, 1.807) is 0 Å². The predicted molar refractivity (Wildman–Crippen MR) is 98.2 cm³/mol. The SMILES string of the molecule is O=C(c1ccccc1)N1CCC(O)(c2ccccc2)C2CCCCC21. The van der Waals surface area contributed by atoms with Gasteiger partial charge in [-0.25, -0.2) is 0 Å². The van der Waals surface area contributed by atoms with Crippen LogP contribution in [0.25, 0.3) is 0 Å². The Bertz CT molecular complexity index is 730. The number of piperidine rings is 1. The fourth-order valence-corrected chi connectivity index (χ4v) is 4.77. The van der Waals surface area contributed by atoms with E-state index in [0.29, 0.717) is 13.0 Å². The molecule has 0 bridgehead atoms. The van der Waals surface area contributed by atoms with Crippen molar-refractivity contribution in [3.05, 3.63) is 71.8 Å². The van der Waals surface area contributed by atoms with E-state index in [0.717, 1.165) is 36.8 Å². The number of fused-ring (bicyclic) bond motifs is 1.